The van der Waals surface area contributed by atoms with Crippen molar-refractivity contribution in [2.75, 3.05) is 4.90 Å². The van der Waals surface area contributed by atoms with E-state index < -0.39 is 0 Å². The average molecular weight is 630 g/mol. The molecule has 8 aromatic carbocycles. The molecule has 226 valence electrons. The molecule has 0 bridgehead atoms. The van der Waals surface area contributed by atoms with Crippen molar-refractivity contribution < 1.29 is 0 Å². The molecule has 2 heteroatoms. The lowest BCUT2D eigenvalue weighted by Gasteiger charge is -2.27. The summed E-state index contributed by atoms with van der Waals surface area (Å²) in [6.45, 7) is 0. The summed E-state index contributed by atoms with van der Waals surface area (Å²) in [6, 6.07) is 68.2. The summed E-state index contributed by atoms with van der Waals surface area (Å²) in [5.41, 5.74) is 10.7. The van der Waals surface area contributed by atoms with Crippen molar-refractivity contribution in [1.82, 2.24) is 0 Å². The first-order valence-electron chi connectivity index (χ1n) is 16.3. The van der Waals surface area contributed by atoms with Gasteiger partial charge in [-0.3, -0.25) is 0 Å². The van der Waals surface area contributed by atoms with Crippen molar-refractivity contribution in [1.29, 1.82) is 0 Å². The minimum Gasteiger partial charge on any atom is -0.310 e. The summed E-state index contributed by atoms with van der Waals surface area (Å²) in [4.78, 5) is 2.43. The first kappa shape index (κ1) is 28.3. The largest absolute Gasteiger partial charge is 0.310 e. The van der Waals surface area contributed by atoms with Crippen LogP contribution in [0.25, 0.3) is 64.3 Å². The van der Waals surface area contributed by atoms with Crippen LogP contribution in [0, 0.1) is 0 Å². The maximum atomic E-state index is 2.43. The molecule has 0 aliphatic rings. The standard InChI is InChI=1S/C46H31NS/c1-2-12-32(13-3-1)35-16-8-17-36(30-35)33-26-28-38(29-27-33)47(43-23-11-25-45-46(43)42-21-6-7-24-44(42)48-45)39-19-9-18-37(31-39)41-22-10-15-34-14-4-5-20-40(34)41/h1-31H. The van der Waals surface area contributed by atoms with E-state index in [-0.39, 0.29) is 0 Å². The molecular formula is C46H31NS. The van der Waals surface area contributed by atoms with Crippen molar-refractivity contribution in [3.05, 3.63) is 188 Å². The van der Waals surface area contributed by atoms with Gasteiger partial charge in [0.2, 0.25) is 0 Å². The molecule has 0 saturated heterocycles. The Morgan fingerprint density at radius 1 is 0.354 bits per heavy atom. The smallest absolute Gasteiger partial charge is 0.0554 e. The second-order valence-corrected chi connectivity index (χ2v) is 13.2. The van der Waals surface area contributed by atoms with E-state index in [1.807, 2.05) is 11.3 Å². The Morgan fingerprint density at radius 3 is 1.81 bits per heavy atom. The number of rotatable bonds is 6. The highest BCUT2D eigenvalue weighted by Gasteiger charge is 2.19. The monoisotopic (exact) mass is 629 g/mol. The van der Waals surface area contributed by atoms with Gasteiger partial charge in [0, 0.05) is 31.5 Å². The fourth-order valence-electron chi connectivity index (χ4n) is 6.97. The number of fused-ring (bicyclic) bond motifs is 4. The van der Waals surface area contributed by atoms with Gasteiger partial charge in [-0.05, 0) is 92.7 Å². The lowest BCUT2D eigenvalue weighted by Crippen LogP contribution is -2.10. The molecule has 0 radical (unpaired) electrons. The van der Waals surface area contributed by atoms with Gasteiger partial charge in [-0.1, -0.05) is 140 Å². The minimum absolute atomic E-state index is 1.12. The van der Waals surface area contributed by atoms with Gasteiger partial charge in [-0.2, -0.15) is 0 Å². The van der Waals surface area contributed by atoms with Crippen molar-refractivity contribution in [3.8, 4) is 33.4 Å². The van der Waals surface area contributed by atoms with Crippen LogP contribution in [-0.2, 0) is 0 Å². The molecule has 0 spiro atoms. The van der Waals surface area contributed by atoms with E-state index in [0.717, 1.165) is 11.4 Å². The molecule has 9 aromatic rings. The second kappa shape index (κ2) is 12.0. The van der Waals surface area contributed by atoms with E-state index in [1.54, 1.807) is 0 Å². The molecule has 0 aliphatic heterocycles. The van der Waals surface area contributed by atoms with Crippen LogP contribution < -0.4 is 4.90 Å². The van der Waals surface area contributed by atoms with E-state index in [2.05, 4.69) is 193 Å². The molecule has 1 aromatic heterocycles. The Labute approximate surface area is 284 Å². The molecule has 0 amide bonds. The molecular weight excluding hydrogens is 599 g/mol. The van der Waals surface area contributed by atoms with E-state index >= 15 is 0 Å². The van der Waals surface area contributed by atoms with Crippen LogP contribution in [-0.4, -0.2) is 0 Å². The van der Waals surface area contributed by atoms with Gasteiger partial charge >= 0.3 is 0 Å². The topological polar surface area (TPSA) is 3.24 Å². The molecule has 9 rings (SSSR count). The van der Waals surface area contributed by atoms with Crippen LogP contribution in [0.15, 0.2) is 188 Å². The summed E-state index contributed by atoms with van der Waals surface area (Å²) < 4.78 is 2.59. The van der Waals surface area contributed by atoms with Gasteiger partial charge in [-0.15, -0.1) is 11.3 Å². The highest BCUT2D eigenvalue weighted by atomic mass is 32.1. The van der Waals surface area contributed by atoms with E-state index in [0.29, 0.717) is 0 Å². The Kier molecular flexibility index (Phi) is 7.07. The molecule has 48 heavy (non-hydrogen) atoms. The summed E-state index contributed by atoms with van der Waals surface area (Å²) in [5.74, 6) is 0. The lowest BCUT2D eigenvalue weighted by atomic mass is 9.97. The van der Waals surface area contributed by atoms with Crippen LogP contribution in [0.5, 0.6) is 0 Å². The Balaban J connectivity index is 1.20. The van der Waals surface area contributed by atoms with Crippen molar-refractivity contribution in [2.45, 2.75) is 0 Å². The molecule has 0 fully saturated rings. The summed E-state index contributed by atoms with van der Waals surface area (Å²) in [7, 11) is 0. The molecule has 0 aliphatic carbocycles. The third-order valence-electron chi connectivity index (χ3n) is 9.25. The van der Waals surface area contributed by atoms with Crippen LogP contribution >= 0.6 is 11.3 Å². The normalized spacial score (nSPS) is 11.3. The number of hydrogen-bond donors (Lipinski definition) is 0. The number of nitrogens with zero attached hydrogens (tertiary/aromatic N) is 1. The summed E-state index contributed by atoms with van der Waals surface area (Å²) >= 11 is 1.86. The summed E-state index contributed by atoms with van der Waals surface area (Å²) in [6.07, 6.45) is 0. The van der Waals surface area contributed by atoms with E-state index in [4.69, 9.17) is 0 Å². The van der Waals surface area contributed by atoms with Gasteiger partial charge < -0.3 is 4.90 Å². The van der Waals surface area contributed by atoms with Crippen LogP contribution in [0.3, 0.4) is 0 Å². The Bertz CT molecular complexity index is 2560. The predicted molar refractivity (Wildman–Crippen MR) is 208 cm³/mol. The third-order valence-corrected chi connectivity index (χ3v) is 10.4. The fourth-order valence-corrected chi connectivity index (χ4v) is 8.10. The predicted octanol–water partition coefficient (Wildman–Crippen LogP) is 13.7. The van der Waals surface area contributed by atoms with Crippen molar-refractivity contribution in [2.24, 2.45) is 0 Å². The van der Waals surface area contributed by atoms with Crippen molar-refractivity contribution in [3.63, 3.8) is 0 Å². The van der Waals surface area contributed by atoms with Crippen LogP contribution in [0.2, 0.25) is 0 Å². The molecule has 1 heterocycles. The average Bonchev–Trinajstić information content (AvgIpc) is 3.55. The second-order valence-electron chi connectivity index (χ2n) is 12.2. The maximum absolute atomic E-state index is 2.43. The Morgan fingerprint density at radius 2 is 0.958 bits per heavy atom. The van der Waals surface area contributed by atoms with Crippen LogP contribution in [0.4, 0.5) is 17.1 Å². The van der Waals surface area contributed by atoms with Crippen LogP contribution in [0.1, 0.15) is 0 Å². The maximum Gasteiger partial charge on any atom is 0.0554 e. The first-order valence-corrected chi connectivity index (χ1v) is 17.2. The number of benzene rings is 8. The highest BCUT2D eigenvalue weighted by molar-refractivity contribution is 7.26. The van der Waals surface area contributed by atoms with Gasteiger partial charge in [-0.25, -0.2) is 0 Å². The molecule has 0 N–H and O–H groups in total. The SMILES string of the molecule is c1ccc(-c2cccc(-c3ccc(N(c4cccc(-c5cccc6ccccc56)c4)c4cccc5sc6ccccc6c45)cc3)c2)cc1. The zero-order valence-corrected chi connectivity index (χ0v) is 27.1. The Hall–Kier alpha value is -5.96. The van der Waals surface area contributed by atoms with Gasteiger partial charge in [0.15, 0.2) is 0 Å². The lowest BCUT2D eigenvalue weighted by molar-refractivity contribution is 1.30. The number of thiophene rings is 1. The minimum atomic E-state index is 1.12. The molecule has 0 atom stereocenters. The number of anilines is 3. The molecule has 0 saturated carbocycles. The first-order chi connectivity index (χ1) is 23.8. The zero-order valence-electron chi connectivity index (χ0n) is 26.3. The van der Waals surface area contributed by atoms with Gasteiger partial charge in [0.1, 0.15) is 0 Å². The molecule has 0 unspecified atom stereocenters. The quantitative estimate of drug-likeness (QED) is 0.177. The fraction of sp³-hybridized carbons (Fsp3) is 0. The van der Waals surface area contributed by atoms with Gasteiger partial charge in [0.05, 0.1) is 5.69 Å². The zero-order chi connectivity index (χ0) is 31.9. The van der Waals surface area contributed by atoms with Crippen molar-refractivity contribution >= 4 is 59.3 Å². The summed E-state index contributed by atoms with van der Waals surface area (Å²) in [5, 5.41) is 5.08. The number of hydrogen-bond acceptors (Lipinski definition) is 2. The molecule has 1 nitrogen and oxygen atoms in total. The van der Waals surface area contributed by atoms with Gasteiger partial charge in [0.25, 0.3) is 0 Å². The highest BCUT2D eigenvalue weighted by Crippen LogP contribution is 2.46. The van der Waals surface area contributed by atoms with E-state index in [9.17, 15) is 0 Å². The third kappa shape index (κ3) is 5.04. The van der Waals surface area contributed by atoms with E-state index in [1.165, 1.54) is 70.0 Å².